The van der Waals surface area contributed by atoms with Crippen molar-refractivity contribution in [1.29, 1.82) is 0 Å². The molecular weight excluding hydrogens is 420 g/mol. The van der Waals surface area contributed by atoms with Gasteiger partial charge in [-0.05, 0) is 43.9 Å². The number of benzene rings is 1. The van der Waals surface area contributed by atoms with Gasteiger partial charge in [-0.1, -0.05) is 11.6 Å². The number of aromatic amines is 1. The zero-order chi connectivity index (χ0) is 21.5. The Labute approximate surface area is 182 Å². The highest BCUT2D eigenvalue weighted by Gasteiger charge is 2.22. The first kappa shape index (κ1) is 19.8. The molecule has 3 aromatic heterocycles. The summed E-state index contributed by atoms with van der Waals surface area (Å²) in [6, 6.07) is 5.54. The number of nitrogens with zero attached hydrogens (tertiary/aromatic N) is 4. The van der Waals surface area contributed by atoms with Gasteiger partial charge in [-0.3, -0.25) is 4.68 Å². The maximum atomic E-state index is 12.4. The third kappa shape index (κ3) is 3.82. The van der Waals surface area contributed by atoms with Gasteiger partial charge >= 0.3 is 6.09 Å². The second-order valence-corrected chi connectivity index (χ2v) is 8.21. The number of halogens is 1. The second kappa shape index (κ2) is 7.82. The SMILES string of the molecule is Cn1nc(-c2cnc3[nH]cc(OC(=O)N[C@H]4CC[C@H](O)CC4)c3n2)c2ccc(Cl)cc21. The van der Waals surface area contributed by atoms with Gasteiger partial charge in [0.2, 0.25) is 0 Å². The fraction of sp³-hybridized carbons (Fsp3) is 0.333. The molecule has 1 aromatic carbocycles. The van der Waals surface area contributed by atoms with Crippen LogP contribution in [0.25, 0.3) is 33.5 Å². The summed E-state index contributed by atoms with van der Waals surface area (Å²) < 4.78 is 7.25. The zero-order valence-corrected chi connectivity index (χ0v) is 17.6. The Morgan fingerprint density at radius 1 is 1.32 bits per heavy atom. The molecule has 10 heteroatoms. The van der Waals surface area contributed by atoms with Crippen molar-refractivity contribution in [2.24, 2.45) is 7.05 Å². The number of fused-ring (bicyclic) bond motifs is 2. The van der Waals surface area contributed by atoms with Crippen LogP contribution in [0.15, 0.2) is 30.6 Å². The average Bonchev–Trinajstić information content (AvgIpc) is 3.30. The number of hydrogen-bond donors (Lipinski definition) is 3. The average molecular weight is 441 g/mol. The first-order chi connectivity index (χ1) is 15.0. The number of rotatable bonds is 3. The number of aromatic nitrogens is 5. The van der Waals surface area contributed by atoms with Crippen LogP contribution in [-0.4, -0.2) is 48.1 Å². The summed E-state index contributed by atoms with van der Waals surface area (Å²) in [7, 11) is 1.84. The Morgan fingerprint density at radius 3 is 2.94 bits per heavy atom. The van der Waals surface area contributed by atoms with Crippen LogP contribution in [0.3, 0.4) is 0 Å². The van der Waals surface area contributed by atoms with Gasteiger partial charge in [0, 0.05) is 29.7 Å². The topological polar surface area (TPSA) is 118 Å². The van der Waals surface area contributed by atoms with Crippen LogP contribution in [0.5, 0.6) is 5.75 Å². The molecule has 0 radical (unpaired) electrons. The van der Waals surface area contributed by atoms with Crippen LogP contribution in [0.4, 0.5) is 4.79 Å². The molecular formula is C21H21ClN6O3. The van der Waals surface area contributed by atoms with Crippen LogP contribution in [-0.2, 0) is 7.05 Å². The van der Waals surface area contributed by atoms with Gasteiger partial charge in [0.05, 0.1) is 17.8 Å². The van der Waals surface area contributed by atoms with E-state index in [1.807, 2.05) is 19.2 Å². The highest BCUT2D eigenvalue weighted by atomic mass is 35.5. The molecule has 1 aliphatic rings. The monoisotopic (exact) mass is 440 g/mol. The number of aryl methyl sites for hydroxylation is 1. The van der Waals surface area contributed by atoms with E-state index in [1.165, 1.54) is 0 Å². The minimum atomic E-state index is -0.549. The molecule has 1 saturated carbocycles. The Kier molecular flexibility index (Phi) is 4.99. The number of H-pyrrole nitrogens is 1. The van der Waals surface area contributed by atoms with Gasteiger partial charge in [0.25, 0.3) is 0 Å². The number of hydrogen-bond acceptors (Lipinski definition) is 6. The van der Waals surface area contributed by atoms with Gasteiger partial charge in [0.1, 0.15) is 11.4 Å². The Balaban J connectivity index is 1.42. The lowest BCUT2D eigenvalue weighted by atomic mass is 9.93. The number of carbonyl (C=O) groups excluding carboxylic acids is 1. The smallest absolute Gasteiger partial charge is 0.406 e. The number of nitrogens with one attached hydrogen (secondary N) is 2. The zero-order valence-electron chi connectivity index (χ0n) is 16.8. The molecule has 1 aliphatic carbocycles. The van der Waals surface area contributed by atoms with E-state index in [-0.39, 0.29) is 12.1 Å². The van der Waals surface area contributed by atoms with E-state index in [4.69, 9.17) is 16.3 Å². The molecule has 0 atom stereocenters. The van der Waals surface area contributed by atoms with Crippen molar-refractivity contribution in [3.63, 3.8) is 0 Å². The number of carbonyl (C=O) groups is 1. The molecule has 9 nitrogen and oxygen atoms in total. The first-order valence-electron chi connectivity index (χ1n) is 10.1. The summed E-state index contributed by atoms with van der Waals surface area (Å²) in [5.74, 6) is 0.293. The van der Waals surface area contributed by atoms with Crippen LogP contribution in [0, 0.1) is 0 Å². The fourth-order valence-electron chi connectivity index (χ4n) is 4.00. The molecule has 0 bridgehead atoms. The van der Waals surface area contributed by atoms with E-state index >= 15 is 0 Å². The third-order valence-corrected chi connectivity index (χ3v) is 5.86. The molecule has 1 amide bonds. The molecule has 31 heavy (non-hydrogen) atoms. The highest BCUT2D eigenvalue weighted by molar-refractivity contribution is 6.31. The van der Waals surface area contributed by atoms with Gasteiger partial charge < -0.3 is 20.1 Å². The van der Waals surface area contributed by atoms with Crippen molar-refractivity contribution in [1.82, 2.24) is 30.0 Å². The second-order valence-electron chi connectivity index (χ2n) is 7.78. The summed E-state index contributed by atoms with van der Waals surface area (Å²) in [4.78, 5) is 24.4. The van der Waals surface area contributed by atoms with E-state index in [2.05, 4.69) is 25.4 Å². The third-order valence-electron chi connectivity index (χ3n) is 5.62. The van der Waals surface area contributed by atoms with Crippen LogP contribution < -0.4 is 10.1 Å². The van der Waals surface area contributed by atoms with E-state index in [9.17, 15) is 9.90 Å². The van der Waals surface area contributed by atoms with Crippen molar-refractivity contribution in [3.05, 3.63) is 35.6 Å². The van der Waals surface area contributed by atoms with Gasteiger partial charge in [-0.2, -0.15) is 5.10 Å². The summed E-state index contributed by atoms with van der Waals surface area (Å²) >= 11 is 6.12. The van der Waals surface area contributed by atoms with Crippen LogP contribution >= 0.6 is 11.6 Å². The largest absolute Gasteiger partial charge is 0.412 e. The highest BCUT2D eigenvalue weighted by Crippen LogP contribution is 2.30. The summed E-state index contributed by atoms with van der Waals surface area (Å²) in [5.41, 5.74) is 3.06. The van der Waals surface area contributed by atoms with Gasteiger partial charge in [-0.25, -0.2) is 14.8 Å². The van der Waals surface area contributed by atoms with Gasteiger partial charge in [-0.15, -0.1) is 0 Å². The predicted octanol–water partition coefficient (Wildman–Crippen LogP) is 3.56. The molecule has 0 saturated heterocycles. The standard InChI is InChI=1S/C21H21ClN6O3/c1-28-16-8-11(22)2-7-14(16)18(27-28)15-9-23-20-19(26-15)17(10-24-20)31-21(30)25-12-3-5-13(29)6-4-12/h2,7-10,12-13,29H,3-6H2,1H3,(H,23,24)(H,25,30)/t12-,13-. The predicted molar refractivity (Wildman–Crippen MR) is 116 cm³/mol. The molecule has 0 unspecified atom stereocenters. The van der Waals surface area contributed by atoms with Crippen LogP contribution in [0.1, 0.15) is 25.7 Å². The molecule has 4 aromatic rings. The van der Waals surface area contributed by atoms with Crippen LogP contribution in [0.2, 0.25) is 5.02 Å². The molecule has 3 heterocycles. The summed E-state index contributed by atoms with van der Waals surface area (Å²) in [6.45, 7) is 0. The van der Waals surface area contributed by atoms with E-state index in [1.54, 1.807) is 23.1 Å². The lowest BCUT2D eigenvalue weighted by Gasteiger charge is -2.25. The minimum Gasteiger partial charge on any atom is -0.406 e. The van der Waals surface area contributed by atoms with Crippen molar-refractivity contribution in [2.75, 3.05) is 0 Å². The Bertz CT molecular complexity index is 1280. The molecule has 5 rings (SSSR count). The summed E-state index contributed by atoms with van der Waals surface area (Å²) in [6.07, 6.45) is 5.17. The van der Waals surface area contributed by atoms with E-state index in [0.717, 1.165) is 23.7 Å². The van der Waals surface area contributed by atoms with E-state index in [0.29, 0.717) is 46.2 Å². The molecule has 0 aliphatic heterocycles. The molecule has 0 spiro atoms. The summed E-state index contributed by atoms with van der Waals surface area (Å²) in [5, 5.41) is 18.6. The number of aliphatic hydroxyl groups is 1. The normalized spacial score (nSPS) is 19.1. The quantitative estimate of drug-likeness (QED) is 0.448. The van der Waals surface area contributed by atoms with Crippen molar-refractivity contribution < 1.29 is 14.6 Å². The van der Waals surface area contributed by atoms with Crippen molar-refractivity contribution in [3.8, 4) is 17.1 Å². The fourth-order valence-corrected chi connectivity index (χ4v) is 4.16. The number of ether oxygens (including phenoxy) is 1. The molecule has 3 N–H and O–H groups in total. The number of amides is 1. The lowest BCUT2D eigenvalue weighted by Crippen LogP contribution is -2.40. The molecule has 1 fully saturated rings. The molecule has 160 valence electrons. The van der Waals surface area contributed by atoms with Crippen molar-refractivity contribution >= 4 is 39.8 Å². The lowest BCUT2D eigenvalue weighted by molar-refractivity contribution is 0.115. The Hall–Kier alpha value is -3.17. The van der Waals surface area contributed by atoms with Crippen molar-refractivity contribution in [2.45, 2.75) is 37.8 Å². The maximum absolute atomic E-state index is 12.4. The van der Waals surface area contributed by atoms with Gasteiger partial charge in [0.15, 0.2) is 16.9 Å². The minimum absolute atomic E-state index is 0.00513. The van der Waals surface area contributed by atoms with E-state index < -0.39 is 6.09 Å². The maximum Gasteiger partial charge on any atom is 0.412 e. The Morgan fingerprint density at radius 2 is 2.13 bits per heavy atom. The first-order valence-corrected chi connectivity index (χ1v) is 10.5. The number of aliphatic hydroxyl groups excluding tert-OH is 1.